The van der Waals surface area contributed by atoms with Gasteiger partial charge in [0.1, 0.15) is 0 Å². The van der Waals surface area contributed by atoms with E-state index in [9.17, 15) is 4.79 Å². The average Bonchev–Trinajstić information content (AvgIpc) is 2.49. The van der Waals surface area contributed by atoms with Gasteiger partial charge in [-0.1, -0.05) is 0 Å². The van der Waals surface area contributed by atoms with Gasteiger partial charge in [-0.05, 0) is 35.0 Å². The van der Waals surface area contributed by atoms with Gasteiger partial charge in [-0.3, -0.25) is 4.79 Å². The maximum absolute atomic E-state index is 11.2. The lowest BCUT2D eigenvalue weighted by molar-refractivity contribution is 0.101. The molecule has 0 bridgehead atoms. The number of halogens is 1. The van der Waals surface area contributed by atoms with Gasteiger partial charge < -0.3 is 0 Å². The summed E-state index contributed by atoms with van der Waals surface area (Å²) >= 11 is 3.38. The highest BCUT2D eigenvalue weighted by Gasteiger charge is 2.10. The summed E-state index contributed by atoms with van der Waals surface area (Å²) in [7, 11) is 0. The van der Waals surface area contributed by atoms with Crippen LogP contribution in [0.5, 0.6) is 0 Å². The number of carbonyl (C=O) groups excluding carboxylic acids is 1. The lowest BCUT2D eigenvalue weighted by Gasteiger charge is -1.96. The van der Waals surface area contributed by atoms with Gasteiger partial charge in [-0.25, -0.2) is 4.52 Å². The van der Waals surface area contributed by atoms with Gasteiger partial charge in [0, 0.05) is 10.7 Å². The number of hydrogen-bond acceptors (Lipinski definition) is 2. The minimum Gasteiger partial charge on any atom is -0.294 e. The average molecular weight is 239 g/mol. The standard InChI is InChI=1S/C9H7BrN2O/c1-6(13)7-5-11-12-4-2-3-8(10)9(7)12/h2-5H,1H3. The largest absolute Gasteiger partial charge is 0.294 e. The van der Waals surface area contributed by atoms with Crippen molar-refractivity contribution in [1.29, 1.82) is 0 Å². The van der Waals surface area contributed by atoms with Gasteiger partial charge in [0.25, 0.3) is 0 Å². The molecule has 2 aromatic rings. The van der Waals surface area contributed by atoms with E-state index in [1.165, 1.54) is 6.92 Å². The van der Waals surface area contributed by atoms with Crippen molar-refractivity contribution in [3.8, 4) is 0 Å². The number of hydrogen-bond donors (Lipinski definition) is 0. The van der Waals surface area contributed by atoms with Crippen LogP contribution < -0.4 is 0 Å². The molecule has 0 aromatic carbocycles. The van der Waals surface area contributed by atoms with Crippen molar-refractivity contribution in [2.45, 2.75) is 6.92 Å². The quantitative estimate of drug-likeness (QED) is 0.715. The summed E-state index contributed by atoms with van der Waals surface area (Å²) in [6.07, 6.45) is 3.40. The van der Waals surface area contributed by atoms with Crippen LogP contribution in [-0.2, 0) is 0 Å². The molecule has 4 heteroatoms. The molecule has 66 valence electrons. The molecule has 2 aromatic heterocycles. The van der Waals surface area contributed by atoms with Crippen LogP contribution in [0.4, 0.5) is 0 Å². The molecule has 2 heterocycles. The molecule has 13 heavy (non-hydrogen) atoms. The number of nitrogens with zero attached hydrogens (tertiary/aromatic N) is 2. The molecule has 0 atom stereocenters. The van der Waals surface area contributed by atoms with E-state index in [1.807, 2.05) is 18.3 Å². The van der Waals surface area contributed by atoms with Crippen molar-refractivity contribution in [2.75, 3.05) is 0 Å². The summed E-state index contributed by atoms with van der Waals surface area (Å²) in [4.78, 5) is 11.2. The second kappa shape index (κ2) is 2.96. The van der Waals surface area contributed by atoms with Crippen molar-refractivity contribution in [1.82, 2.24) is 9.61 Å². The summed E-state index contributed by atoms with van der Waals surface area (Å²) < 4.78 is 2.57. The zero-order valence-corrected chi connectivity index (χ0v) is 8.58. The monoisotopic (exact) mass is 238 g/mol. The van der Waals surface area contributed by atoms with Crippen LogP contribution in [0.15, 0.2) is 29.0 Å². The second-order valence-electron chi connectivity index (χ2n) is 2.76. The van der Waals surface area contributed by atoms with Crippen LogP contribution in [0.3, 0.4) is 0 Å². The number of carbonyl (C=O) groups is 1. The first-order valence-corrected chi connectivity index (χ1v) is 4.62. The van der Waals surface area contributed by atoms with Crippen molar-refractivity contribution in [3.05, 3.63) is 34.6 Å². The number of rotatable bonds is 1. The van der Waals surface area contributed by atoms with Gasteiger partial charge in [0.2, 0.25) is 0 Å². The van der Waals surface area contributed by atoms with E-state index in [0.717, 1.165) is 9.99 Å². The molecule has 0 amide bonds. The summed E-state index contributed by atoms with van der Waals surface area (Å²) in [5.74, 6) is 0.0295. The van der Waals surface area contributed by atoms with Crippen molar-refractivity contribution < 1.29 is 4.79 Å². The van der Waals surface area contributed by atoms with E-state index in [4.69, 9.17) is 0 Å². The molecule has 0 fully saturated rings. The lowest BCUT2D eigenvalue weighted by Crippen LogP contribution is -1.92. The van der Waals surface area contributed by atoms with Crippen LogP contribution in [0.25, 0.3) is 5.52 Å². The highest BCUT2D eigenvalue weighted by Crippen LogP contribution is 2.21. The Labute approximate surface area is 83.5 Å². The molecular weight excluding hydrogens is 232 g/mol. The molecule has 2 rings (SSSR count). The van der Waals surface area contributed by atoms with Crippen LogP contribution in [0.1, 0.15) is 17.3 Å². The Morgan fingerprint density at radius 1 is 1.62 bits per heavy atom. The van der Waals surface area contributed by atoms with E-state index in [1.54, 1.807) is 10.7 Å². The first-order chi connectivity index (χ1) is 6.20. The highest BCUT2D eigenvalue weighted by molar-refractivity contribution is 9.10. The molecular formula is C9H7BrN2O. The molecule has 0 aliphatic rings. The topological polar surface area (TPSA) is 34.4 Å². The van der Waals surface area contributed by atoms with Gasteiger partial charge in [-0.2, -0.15) is 5.10 Å². The summed E-state index contributed by atoms with van der Waals surface area (Å²) in [6, 6.07) is 3.76. The first-order valence-electron chi connectivity index (χ1n) is 3.83. The second-order valence-corrected chi connectivity index (χ2v) is 3.62. The van der Waals surface area contributed by atoms with Gasteiger partial charge in [0.15, 0.2) is 5.78 Å². The molecule has 0 saturated carbocycles. The molecule has 0 aliphatic carbocycles. The normalized spacial score (nSPS) is 10.6. The Morgan fingerprint density at radius 2 is 2.38 bits per heavy atom. The third-order valence-corrected chi connectivity index (χ3v) is 2.51. The number of aromatic nitrogens is 2. The van der Waals surface area contributed by atoms with Gasteiger partial charge in [-0.15, -0.1) is 0 Å². The lowest BCUT2D eigenvalue weighted by atomic mass is 10.2. The van der Waals surface area contributed by atoms with Crippen LogP contribution in [-0.4, -0.2) is 15.4 Å². The number of fused-ring (bicyclic) bond motifs is 1. The van der Waals surface area contributed by atoms with Gasteiger partial charge in [0.05, 0.1) is 17.3 Å². The Balaban J connectivity index is 2.86. The fourth-order valence-corrected chi connectivity index (χ4v) is 1.81. The molecule has 0 unspecified atom stereocenters. The molecule has 0 N–H and O–H groups in total. The molecule has 3 nitrogen and oxygen atoms in total. The third-order valence-electron chi connectivity index (χ3n) is 1.87. The van der Waals surface area contributed by atoms with E-state index < -0.39 is 0 Å². The highest BCUT2D eigenvalue weighted by atomic mass is 79.9. The molecule has 0 saturated heterocycles. The van der Waals surface area contributed by atoms with E-state index in [0.29, 0.717) is 5.56 Å². The Bertz CT molecular complexity index is 475. The Morgan fingerprint density at radius 3 is 3.08 bits per heavy atom. The predicted octanol–water partition coefficient (Wildman–Crippen LogP) is 2.30. The fourth-order valence-electron chi connectivity index (χ4n) is 1.26. The number of pyridine rings is 1. The van der Waals surface area contributed by atoms with Crippen molar-refractivity contribution in [3.63, 3.8) is 0 Å². The first kappa shape index (κ1) is 8.44. The van der Waals surface area contributed by atoms with Crippen LogP contribution >= 0.6 is 15.9 Å². The van der Waals surface area contributed by atoms with Crippen molar-refractivity contribution >= 4 is 27.2 Å². The Hall–Kier alpha value is -1.16. The molecule has 0 radical (unpaired) electrons. The van der Waals surface area contributed by atoms with Crippen LogP contribution in [0.2, 0.25) is 0 Å². The van der Waals surface area contributed by atoms with E-state index >= 15 is 0 Å². The summed E-state index contributed by atoms with van der Waals surface area (Å²) in [6.45, 7) is 1.54. The minimum absolute atomic E-state index is 0.0295. The van der Waals surface area contributed by atoms with Gasteiger partial charge >= 0.3 is 0 Å². The predicted molar refractivity (Wildman–Crippen MR) is 52.9 cm³/mol. The molecule has 0 spiro atoms. The third kappa shape index (κ3) is 1.27. The van der Waals surface area contributed by atoms with Crippen molar-refractivity contribution in [2.24, 2.45) is 0 Å². The van der Waals surface area contributed by atoms with Crippen LogP contribution in [0, 0.1) is 0 Å². The minimum atomic E-state index is 0.0295. The fraction of sp³-hybridized carbons (Fsp3) is 0.111. The zero-order valence-electron chi connectivity index (χ0n) is 6.99. The SMILES string of the molecule is CC(=O)c1cnn2cccc(Br)c12. The van der Waals surface area contributed by atoms with E-state index in [2.05, 4.69) is 21.0 Å². The number of ketones is 1. The maximum atomic E-state index is 11.2. The zero-order chi connectivity index (χ0) is 9.42. The Kier molecular flexibility index (Phi) is 1.92. The maximum Gasteiger partial charge on any atom is 0.163 e. The smallest absolute Gasteiger partial charge is 0.163 e. The van der Waals surface area contributed by atoms with E-state index in [-0.39, 0.29) is 5.78 Å². The number of Topliss-reactive ketones (excluding diaryl/α,β-unsaturated/α-hetero) is 1. The summed E-state index contributed by atoms with van der Waals surface area (Å²) in [5.41, 5.74) is 1.47. The molecule has 0 aliphatic heterocycles. The summed E-state index contributed by atoms with van der Waals surface area (Å²) in [5, 5.41) is 4.07.